The average Bonchev–Trinajstić information content (AvgIpc) is 2.46. The highest BCUT2D eigenvalue weighted by molar-refractivity contribution is 5.78. The van der Waals surface area contributed by atoms with Gasteiger partial charge in [0, 0.05) is 6.07 Å². The van der Waals surface area contributed by atoms with E-state index in [9.17, 15) is 14.3 Å². The van der Waals surface area contributed by atoms with E-state index in [-0.39, 0.29) is 5.82 Å². The van der Waals surface area contributed by atoms with Gasteiger partial charge in [-0.1, -0.05) is 19.9 Å². The first-order valence-corrected chi connectivity index (χ1v) is 7.41. The van der Waals surface area contributed by atoms with E-state index >= 15 is 0 Å². The Kier molecular flexibility index (Phi) is 7.15. The number of nitrogens with one attached hydrogen (secondary N) is 1. The highest BCUT2D eigenvalue weighted by Gasteiger charge is 2.35. The van der Waals surface area contributed by atoms with Crippen LogP contribution in [0, 0.1) is 5.82 Å². The van der Waals surface area contributed by atoms with Gasteiger partial charge in [-0.2, -0.15) is 0 Å². The first kappa shape index (κ1) is 17.4. The number of halogens is 1. The van der Waals surface area contributed by atoms with Crippen LogP contribution in [-0.2, 0) is 4.79 Å². The Balaban J connectivity index is 2.48. The maximum atomic E-state index is 13.0. The van der Waals surface area contributed by atoms with E-state index in [1.54, 1.807) is 12.1 Å². The Bertz CT molecular complexity index is 453. The fraction of sp³-hybridized carbons (Fsp3) is 0.562. The first-order chi connectivity index (χ1) is 10.0. The molecule has 5 heteroatoms. The standard InChI is InChI=1S/C16H24FNO3/c1-3-10-18-16(4-2,15(19)20)9-6-11-21-14-8-5-7-13(17)12-14/h5,7-8,12,18H,3-4,6,9-11H2,1-2H3,(H,19,20). The Hall–Kier alpha value is -1.62. The molecule has 0 saturated heterocycles. The van der Waals surface area contributed by atoms with E-state index < -0.39 is 11.5 Å². The molecule has 0 fully saturated rings. The summed E-state index contributed by atoms with van der Waals surface area (Å²) in [5.74, 6) is -0.705. The minimum atomic E-state index is -0.901. The number of hydrogen-bond acceptors (Lipinski definition) is 3. The zero-order valence-electron chi connectivity index (χ0n) is 12.7. The summed E-state index contributed by atoms with van der Waals surface area (Å²) in [5, 5.41) is 12.6. The maximum Gasteiger partial charge on any atom is 0.323 e. The molecule has 0 saturated carbocycles. The van der Waals surface area contributed by atoms with Crippen LogP contribution in [0.2, 0.25) is 0 Å². The number of carbonyl (C=O) groups is 1. The van der Waals surface area contributed by atoms with Crippen LogP contribution >= 0.6 is 0 Å². The van der Waals surface area contributed by atoms with Gasteiger partial charge in [0.2, 0.25) is 0 Å². The van der Waals surface area contributed by atoms with Gasteiger partial charge in [0.05, 0.1) is 6.61 Å². The molecule has 0 spiro atoms. The van der Waals surface area contributed by atoms with Crippen LogP contribution in [-0.4, -0.2) is 29.8 Å². The van der Waals surface area contributed by atoms with Crippen LogP contribution in [0.25, 0.3) is 0 Å². The van der Waals surface area contributed by atoms with Crippen molar-refractivity contribution in [2.75, 3.05) is 13.2 Å². The minimum absolute atomic E-state index is 0.342. The van der Waals surface area contributed by atoms with Crippen molar-refractivity contribution in [1.82, 2.24) is 5.32 Å². The highest BCUT2D eigenvalue weighted by Crippen LogP contribution is 2.19. The molecule has 1 aromatic rings. The van der Waals surface area contributed by atoms with Crippen molar-refractivity contribution in [2.24, 2.45) is 0 Å². The largest absolute Gasteiger partial charge is 0.493 e. The number of carboxylic acids is 1. The van der Waals surface area contributed by atoms with Gasteiger partial charge >= 0.3 is 5.97 Å². The van der Waals surface area contributed by atoms with E-state index in [0.717, 1.165) is 6.42 Å². The number of hydrogen-bond donors (Lipinski definition) is 2. The van der Waals surface area contributed by atoms with E-state index in [4.69, 9.17) is 4.74 Å². The van der Waals surface area contributed by atoms with E-state index in [1.807, 2.05) is 13.8 Å². The molecule has 2 N–H and O–H groups in total. The number of ether oxygens (including phenoxy) is 1. The molecule has 0 aliphatic rings. The fourth-order valence-electron chi connectivity index (χ4n) is 2.21. The maximum absolute atomic E-state index is 13.0. The van der Waals surface area contributed by atoms with Crippen LogP contribution in [0.15, 0.2) is 24.3 Å². The molecule has 118 valence electrons. The lowest BCUT2D eigenvalue weighted by molar-refractivity contribution is -0.145. The predicted molar refractivity (Wildman–Crippen MR) is 80.1 cm³/mol. The molecule has 0 aromatic heterocycles. The van der Waals surface area contributed by atoms with Crippen LogP contribution in [0.3, 0.4) is 0 Å². The lowest BCUT2D eigenvalue weighted by Crippen LogP contribution is -2.52. The minimum Gasteiger partial charge on any atom is -0.493 e. The van der Waals surface area contributed by atoms with Gasteiger partial charge < -0.3 is 15.2 Å². The molecule has 1 unspecified atom stereocenters. The molecule has 0 heterocycles. The third-order valence-corrected chi connectivity index (χ3v) is 3.54. The summed E-state index contributed by atoms with van der Waals surface area (Å²) in [6.45, 7) is 4.91. The average molecular weight is 297 g/mol. The van der Waals surface area contributed by atoms with Gasteiger partial charge in [0.15, 0.2) is 0 Å². The predicted octanol–water partition coefficient (Wildman–Crippen LogP) is 3.22. The summed E-state index contributed by atoms with van der Waals surface area (Å²) in [6.07, 6.45) is 2.47. The van der Waals surface area contributed by atoms with Gasteiger partial charge in [0.1, 0.15) is 17.1 Å². The van der Waals surface area contributed by atoms with Crippen molar-refractivity contribution in [1.29, 1.82) is 0 Å². The van der Waals surface area contributed by atoms with Crippen molar-refractivity contribution < 1.29 is 19.0 Å². The van der Waals surface area contributed by atoms with Gasteiger partial charge in [-0.25, -0.2) is 4.39 Å². The van der Waals surface area contributed by atoms with Crippen molar-refractivity contribution in [3.63, 3.8) is 0 Å². The van der Waals surface area contributed by atoms with E-state index in [0.29, 0.717) is 38.2 Å². The molecular formula is C16H24FNO3. The quantitative estimate of drug-likeness (QED) is 0.651. The zero-order valence-corrected chi connectivity index (χ0v) is 12.7. The van der Waals surface area contributed by atoms with Crippen molar-refractivity contribution in [3.05, 3.63) is 30.1 Å². The van der Waals surface area contributed by atoms with Gasteiger partial charge in [0.25, 0.3) is 0 Å². The number of benzene rings is 1. The van der Waals surface area contributed by atoms with Gasteiger partial charge in [-0.15, -0.1) is 0 Å². The summed E-state index contributed by atoms with van der Waals surface area (Å²) in [7, 11) is 0. The molecule has 1 rings (SSSR count). The molecule has 1 atom stereocenters. The van der Waals surface area contributed by atoms with Crippen molar-refractivity contribution >= 4 is 5.97 Å². The van der Waals surface area contributed by atoms with Gasteiger partial charge in [-0.05, 0) is 44.4 Å². The highest BCUT2D eigenvalue weighted by atomic mass is 19.1. The SMILES string of the molecule is CCCNC(CC)(CCCOc1cccc(F)c1)C(=O)O. The Labute approximate surface area is 125 Å². The molecule has 0 aliphatic heterocycles. The summed E-state index contributed by atoms with van der Waals surface area (Å²) >= 11 is 0. The molecule has 0 amide bonds. The summed E-state index contributed by atoms with van der Waals surface area (Å²) in [6, 6.07) is 5.94. The first-order valence-electron chi connectivity index (χ1n) is 7.41. The summed E-state index contributed by atoms with van der Waals surface area (Å²) < 4.78 is 18.4. The normalized spacial score (nSPS) is 13.7. The summed E-state index contributed by atoms with van der Waals surface area (Å²) in [4.78, 5) is 11.5. The molecular weight excluding hydrogens is 273 g/mol. The Morgan fingerprint density at radius 2 is 2.19 bits per heavy atom. The van der Waals surface area contributed by atoms with Crippen molar-refractivity contribution in [2.45, 2.75) is 45.1 Å². The molecule has 1 aromatic carbocycles. The van der Waals surface area contributed by atoms with Crippen LogP contribution < -0.4 is 10.1 Å². The Morgan fingerprint density at radius 1 is 1.43 bits per heavy atom. The lowest BCUT2D eigenvalue weighted by Gasteiger charge is -2.29. The smallest absolute Gasteiger partial charge is 0.323 e. The number of rotatable bonds is 10. The third kappa shape index (κ3) is 5.34. The van der Waals surface area contributed by atoms with E-state index in [2.05, 4.69) is 5.32 Å². The fourth-order valence-corrected chi connectivity index (χ4v) is 2.21. The number of carboxylic acid groups (broad SMARTS) is 1. The van der Waals surface area contributed by atoms with Crippen LogP contribution in [0.5, 0.6) is 5.75 Å². The second-order valence-electron chi connectivity index (χ2n) is 5.08. The zero-order chi connectivity index (χ0) is 15.7. The monoisotopic (exact) mass is 297 g/mol. The molecule has 4 nitrogen and oxygen atoms in total. The third-order valence-electron chi connectivity index (χ3n) is 3.54. The van der Waals surface area contributed by atoms with Crippen LogP contribution in [0.4, 0.5) is 4.39 Å². The lowest BCUT2D eigenvalue weighted by atomic mass is 9.90. The topological polar surface area (TPSA) is 58.6 Å². The van der Waals surface area contributed by atoms with Crippen molar-refractivity contribution in [3.8, 4) is 5.75 Å². The second kappa shape index (κ2) is 8.62. The van der Waals surface area contributed by atoms with E-state index in [1.165, 1.54) is 12.1 Å². The number of aliphatic carboxylic acids is 1. The molecule has 0 aliphatic carbocycles. The molecule has 0 bridgehead atoms. The molecule has 21 heavy (non-hydrogen) atoms. The second-order valence-corrected chi connectivity index (χ2v) is 5.08. The Morgan fingerprint density at radius 3 is 2.76 bits per heavy atom. The van der Waals surface area contributed by atoms with Crippen LogP contribution in [0.1, 0.15) is 39.5 Å². The summed E-state index contributed by atoms with van der Waals surface area (Å²) in [5.41, 5.74) is -0.901. The van der Waals surface area contributed by atoms with Gasteiger partial charge in [-0.3, -0.25) is 4.79 Å². The molecule has 0 radical (unpaired) electrons.